The minimum atomic E-state index is 0.200. The summed E-state index contributed by atoms with van der Waals surface area (Å²) in [7, 11) is 0. The molecule has 21 heavy (non-hydrogen) atoms. The standard InChI is InChI=1S/C12H14BrClN6O/c1-2-5-21-12-18-10(17-11(19-12)20-15)16-7-3-4-8(13)9(14)6-7/h3-4,6H,2,5,15H2,1H3,(H2,16,17,18,19,20). The third-order valence-corrected chi connectivity index (χ3v) is 3.59. The van der Waals surface area contributed by atoms with Crippen molar-refractivity contribution in [2.45, 2.75) is 13.3 Å². The van der Waals surface area contributed by atoms with E-state index in [1.54, 1.807) is 6.07 Å². The predicted octanol–water partition coefficient (Wildman–Crippen LogP) is 3.11. The summed E-state index contributed by atoms with van der Waals surface area (Å²) in [4.78, 5) is 12.3. The molecule has 0 saturated carbocycles. The van der Waals surface area contributed by atoms with Crippen LogP contribution in [0.1, 0.15) is 13.3 Å². The molecule has 2 aromatic rings. The quantitative estimate of drug-likeness (QED) is 0.528. The van der Waals surface area contributed by atoms with Crippen molar-refractivity contribution in [1.82, 2.24) is 15.0 Å². The van der Waals surface area contributed by atoms with Gasteiger partial charge in [-0.25, -0.2) is 5.84 Å². The number of rotatable bonds is 6. The van der Waals surface area contributed by atoms with Gasteiger partial charge in [-0.3, -0.25) is 5.43 Å². The number of nitrogens with one attached hydrogen (secondary N) is 2. The smallest absolute Gasteiger partial charge is 0.323 e. The summed E-state index contributed by atoms with van der Waals surface area (Å²) < 4.78 is 6.19. The third kappa shape index (κ3) is 4.42. The first kappa shape index (κ1) is 15.7. The second-order valence-electron chi connectivity index (χ2n) is 4.01. The summed E-state index contributed by atoms with van der Waals surface area (Å²) in [5, 5.41) is 3.60. The number of nitrogens with zero attached hydrogens (tertiary/aromatic N) is 3. The normalized spacial score (nSPS) is 10.3. The Kier molecular flexibility index (Phi) is 5.54. The van der Waals surface area contributed by atoms with Crippen molar-refractivity contribution < 1.29 is 4.74 Å². The van der Waals surface area contributed by atoms with Crippen LogP contribution < -0.4 is 21.3 Å². The van der Waals surface area contributed by atoms with E-state index in [4.69, 9.17) is 22.2 Å². The maximum Gasteiger partial charge on any atom is 0.323 e. The second kappa shape index (κ2) is 7.39. The van der Waals surface area contributed by atoms with Crippen LogP contribution in [0, 0.1) is 0 Å². The third-order valence-electron chi connectivity index (χ3n) is 2.36. The molecule has 0 fully saturated rings. The van der Waals surface area contributed by atoms with Gasteiger partial charge in [0, 0.05) is 10.2 Å². The number of hydrogen-bond donors (Lipinski definition) is 3. The van der Waals surface area contributed by atoms with E-state index in [1.165, 1.54) is 0 Å². The Morgan fingerprint density at radius 3 is 2.71 bits per heavy atom. The summed E-state index contributed by atoms with van der Waals surface area (Å²) in [5.74, 6) is 5.86. The molecule has 112 valence electrons. The first-order chi connectivity index (χ1) is 10.1. The Labute approximate surface area is 135 Å². The number of nitrogens with two attached hydrogens (primary N) is 1. The largest absolute Gasteiger partial charge is 0.463 e. The molecule has 0 amide bonds. The Balaban J connectivity index is 2.23. The fourth-order valence-corrected chi connectivity index (χ4v) is 1.87. The fourth-order valence-electron chi connectivity index (χ4n) is 1.44. The van der Waals surface area contributed by atoms with E-state index in [0.717, 1.165) is 16.6 Å². The number of benzene rings is 1. The molecule has 0 aliphatic rings. The highest BCUT2D eigenvalue weighted by Gasteiger charge is 2.08. The molecule has 0 aliphatic heterocycles. The maximum absolute atomic E-state index is 6.04. The first-order valence-electron chi connectivity index (χ1n) is 6.20. The molecule has 0 atom stereocenters. The number of nitrogen functional groups attached to an aromatic ring is 1. The van der Waals surface area contributed by atoms with Crippen LogP contribution >= 0.6 is 27.5 Å². The predicted molar refractivity (Wildman–Crippen MR) is 85.9 cm³/mol. The van der Waals surface area contributed by atoms with Crippen LogP contribution in [0.15, 0.2) is 22.7 Å². The van der Waals surface area contributed by atoms with Gasteiger partial charge < -0.3 is 10.1 Å². The van der Waals surface area contributed by atoms with Crippen molar-refractivity contribution in [2.75, 3.05) is 17.3 Å². The maximum atomic E-state index is 6.04. The van der Waals surface area contributed by atoms with E-state index >= 15 is 0 Å². The highest BCUT2D eigenvalue weighted by molar-refractivity contribution is 9.10. The van der Waals surface area contributed by atoms with Crippen molar-refractivity contribution in [3.63, 3.8) is 0 Å². The van der Waals surface area contributed by atoms with Crippen LogP contribution in [0.5, 0.6) is 6.01 Å². The molecule has 0 bridgehead atoms. The lowest BCUT2D eigenvalue weighted by atomic mass is 10.3. The molecule has 1 aromatic heterocycles. The molecular weight excluding hydrogens is 360 g/mol. The minimum absolute atomic E-state index is 0.200. The second-order valence-corrected chi connectivity index (χ2v) is 5.27. The zero-order valence-electron chi connectivity index (χ0n) is 11.2. The Hall–Kier alpha value is -1.64. The zero-order valence-corrected chi connectivity index (χ0v) is 13.6. The molecular formula is C12H14BrClN6O. The van der Waals surface area contributed by atoms with Gasteiger partial charge in [0.2, 0.25) is 11.9 Å². The summed E-state index contributed by atoms with van der Waals surface area (Å²) in [6.45, 7) is 2.50. The summed E-state index contributed by atoms with van der Waals surface area (Å²) in [5.41, 5.74) is 3.11. The van der Waals surface area contributed by atoms with Crippen LogP contribution in [0.2, 0.25) is 5.02 Å². The lowest BCUT2D eigenvalue weighted by Gasteiger charge is -2.09. The number of halogens is 2. The van der Waals surface area contributed by atoms with Crippen LogP contribution in [-0.2, 0) is 0 Å². The van der Waals surface area contributed by atoms with Crippen LogP contribution in [0.4, 0.5) is 17.6 Å². The van der Waals surface area contributed by atoms with E-state index in [0.29, 0.717) is 17.6 Å². The van der Waals surface area contributed by atoms with Gasteiger partial charge in [0.1, 0.15) is 0 Å². The molecule has 9 heteroatoms. The molecule has 0 radical (unpaired) electrons. The number of hydrazine groups is 1. The molecule has 1 heterocycles. The van der Waals surface area contributed by atoms with E-state index in [-0.39, 0.29) is 12.0 Å². The van der Waals surface area contributed by atoms with Crippen LogP contribution in [0.3, 0.4) is 0 Å². The number of anilines is 3. The molecule has 4 N–H and O–H groups in total. The molecule has 0 spiro atoms. The van der Waals surface area contributed by atoms with Crippen molar-refractivity contribution >= 4 is 45.1 Å². The van der Waals surface area contributed by atoms with Crippen molar-refractivity contribution in [3.8, 4) is 6.01 Å². The van der Waals surface area contributed by atoms with Gasteiger partial charge in [0.05, 0.1) is 11.6 Å². The minimum Gasteiger partial charge on any atom is -0.463 e. The molecule has 0 unspecified atom stereocenters. The Morgan fingerprint density at radius 2 is 2.05 bits per heavy atom. The van der Waals surface area contributed by atoms with Crippen molar-refractivity contribution in [1.29, 1.82) is 0 Å². The topological polar surface area (TPSA) is 98.0 Å². The van der Waals surface area contributed by atoms with Gasteiger partial charge in [-0.1, -0.05) is 18.5 Å². The molecule has 0 saturated heterocycles. The van der Waals surface area contributed by atoms with Gasteiger partial charge in [0.15, 0.2) is 0 Å². The molecule has 0 aliphatic carbocycles. The van der Waals surface area contributed by atoms with Crippen molar-refractivity contribution in [3.05, 3.63) is 27.7 Å². The number of hydrogen-bond acceptors (Lipinski definition) is 7. The zero-order chi connectivity index (χ0) is 15.2. The number of ether oxygens (including phenoxy) is 1. The lowest BCUT2D eigenvalue weighted by molar-refractivity contribution is 0.292. The monoisotopic (exact) mass is 372 g/mol. The lowest BCUT2D eigenvalue weighted by Crippen LogP contribution is -2.13. The van der Waals surface area contributed by atoms with Gasteiger partial charge >= 0.3 is 6.01 Å². The number of aromatic nitrogens is 3. The highest BCUT2D eigenvalue weighted by atomic mass is 79.9. The molecule has 2 rings (SSSR count). The van der Waals surface area contributed by atoms with E-state index in [1.807, 2.05) is 19.1 Å². The van der Waals surface area contributed by atoms with Crippen LogP contribution in [-0.4, -0.2) is 21.6 Å². The van der Waals surface area contributed by atoms with Gasteiger partial charge in [0.25, 0.3) is 0 Å². The van der Waals surface area contributed by atoms with Gasteiger partial charge in [-0.15, -0.1) is 0 Å². The fraction of sp³-hybridized carbons (Fsp3) is 0.250. The average molecular weight is 374 g/mol. The Morgan fingerprint density at radius 1 is 1.29 bits per heavy atom. The summed E-state index contributed by atoms with van der Waals surface area (Å²) in [6, 6.07) is 5.60. The Bertz CT molecular complexity index is 627. The highest BCUT2D eigenvalue weighted by Crippen LogP contribution is 2.27. The van der Waals surface area contributed by atoms with E-state index < -0.39 is 0 Å². The van der Waals surface area contributed by atoms with E-state index in [9.17, 15) is 0 Å². The van der Waals surface area contributed by atoms with Crippen LogP contribution in [0.25, 0.3) is 0 Å². The molecule has 7 nitrogen and oxygen atoms in total. The summed E-state index contributed by atoms with van der Waals surface area (Å²) >= 11 is 9.37. The van der Waals surface area contributed by atoms with Gasteiger partial charge in [-0.2, -0.15) is 15.0 Å². The van der Waals surface area contributed by atoms with Crippen molar-refractivity contribution in [2.24, 2.45) is 5.84 Å². The first-order valence-corrected chi connectivity index (χ1v) is 7.37. The SMILES string of the molecule is CCCOc1nc(NN)nc(Nc2ccc(Br)c(Cl)c2)n1. The van der Waals surface area contributed by atoms with Gasteiger partial charge in [-0.05, 0) is 40.5 Å². The molecule has 1 aromatic carbocycles. The summed E-state index contributed by atoms with van der Waals surface area (Å²) in [6.07, 6.45) is 0.849. The van der Waals surface area contributed by atoms with E-state index in [2.05, 4.69) is 41.6 Å². The average Bonchev–Trinajstić information content (AvgIpc) is 2.48.